The summed E-state index contributed by atoms with van der Waals surface area (Å²) in [5.41, 5.74) is 1.21. The summed E-state index contributed by atoms with van der Waals surface area (Å²) in [6.45, 7) is 21.1. The third kappa shape index (κ3) is 3.51. The maximum Gasteiger partial charge on any atom is 0.338 e. The third-order valence-corrected chi connectivity index (χ3v) is 6.26. The number of esters is 1. The number of benzene rings is 1. The Balaban J connectivity index is 2.48. The number of hydrogen-bond donors (Lipinski definition) is 1. The molecule has 28 heavy (non-hydrogen) atoms. The van der Waals surface area contributed by atoms with Crippen molar-refractivity contribution in [2.45, 2.75) is 59.4 Å². The first-order valence-corrected chi connectivity index (χ1v) is 10.0. The number of anilines is 1. The van der Waals surface area contributed by atoms with Crippen molar-refractivity contribution in [2.75, 3.05) is 25.0 Å². The standard InChI is InChI=1S/C22H31N3O3/c1-7-25(8-2,9-3)22(12-11-13-22)21(27)24-19-16(5)14-17(23-6)15-18(19)20(26)28-10-4/h7,14-15H,8-13H2,1-5H3,(H,24,27). The topological polar surface area (TPSA) is 59.8 Å². The zero-order valence-electron chi connectivity index (χ0n) is 17.6. The molecule has 1 N–H and O–H groups in total. The summed E-state index contributed by atoms with van der Waals surface area (Å²) in [6, 6.07) is 3.18. The minimum Gasteiger partial charge on any atom is -0.462 e. The van der Waals surface area contributed by atoms with Crippen LogP contribution in [0.25, 0.3) is 4.85 Å². The molecule has 6 nitrogen and oxygen atoms in total. The molecule has 0 aliphatic heterocycles. The lowest BCUT2D eigenvalue weighted by atomic mass is 9.72. The molecule has 1 saturated carbocycles. The highest BCUT2D eigenvalue weighted by atomic mass is 16.5. The van der Waals surface area contributed by atoms with Gasteiger partial charge in [-0.3, -0.25) is 4.79 Å². The normalized spacial score (nSPS) is 15.3. The van der Waals surface area contributed by atoms with Crippen molar-refractivity contribution < 1.29 is 18.8 Å². The lowest BCUT2D eigenvalue weighted by Crippen LogP contribution is -2.70. The number of rotatable bonds is 8. The molecular weight excluding hydrogens is 354 g/mol. The van der Waals surface area contributed by atoms with Crippen molar-refractivity contribution in [3.63, 3.8) is 0 Å². The van der Waals surface area contributed by atoms with Gasteiger partial charge in [0.25, 0.3) is 5.91 Å². The first-order valence-electron chi connectivity index (χ1n) is 10.0. The van der Waals surface area contributed by atoms with Gasteiger partial charge in [0, 0.05) is 12.8 Å². The monoisotopic (exact) mass is 385 g/mol. The number of ether oxygens (including phenoxy) is 1. The van der Waals surface area contributed by atoms with Gasteiger partial charge in [0.2, 0.25) is 0 Å². The molecule has 152 valence electrons. The molecule has 0 bridgehead atoms. The summed E-state index contributed by atoms with van der Waals surface area (Å²) >= 11 is 0. The number of quaternary nitrogens is 1. The van der Waals surface area contributed by atoms with Crippen molar-refractivity contribution in [3.05, 3.63) is 41.2 Å². The number of carbonyl (C=O) groups is 2. The van der Waals surface area contributed by atoms with Gasteiger partial charge < -0.3 is 14.5 Å². The van der Waals surface area contributed by atoms with Crippen molar-refractivity contribution in [2.24, 2.45) is 0 Å². The number of likely N-dealkylation sites (N-methyl/N-ethyl adjacent to an activating group) is 1. The van der Waals surface area contributed by atoms with Crippen LogP contribution >= 0.6 is 0 Å². The van der Waals surface area contributed by atoms with E-state index in [-0.39, 0.29) is 18.1 Å². The van der Waals surface area contributed by atoms with Crippen molar-refractivity contribution >= 4 is 23.3 Å². The van der Waals surface area contributed by atoms with E-state index in [1.165, 1.54) is 6.07 Å². The Morgan fingerprint density at radius 2 is 1.93 bits per heavy atom. The maximum atomic E-state index is 13.5. The largest absolute Gasteiger partial charge is 0.462 e. The Labute approximate surface area is 168 Å². The molecule has 1 aliphatic rings. The fourth-order valence-corrected chi connectivity index (χ4v) is 4.43. The number of nitrogens with one attached hydrogen (secondary N) is 1. The number of aryl methyl sites for hydroxylation is 1. The van der Waals surface area contributed by atoms with Crippen molar-refractivity contribution in [1.82, 2.24) is 0 Å². The summed E-state index contributed by atoms with van der Waals surface area (Å²) in [4.78, 5) is 29.4. The predicted octanol–water partition coefficient (Wildman–Crippen LogP) is 4.62. The van der Waals surface area contributed by atoms with Crippen LogP contribution in [0.4, 0.5) is 11.4 Å². The first-order chi connectivity index (χ1) is 13.3. The molecule has 1 amide bonds. The molecule has 0 unspecified atom stereocenters. The average molecular weight is 386 g/mol. The zero-order chi connectivity index (χ0) is 20.9. The van der Waals surface area contributed by atoms with E-state index in [0.29, 0.717) is 21.4 Å². The highest BCUT2D eigenvalue weighted by Crippen LogP contribution is 2.45. The molecule has 6 heteroatoms. The van der Waals surface area contributed by atoms with Crippen LogP contribution in [0.15, 0.2) is 12.1 Å². The molecule has 0 saturated heterocycles. The van der Waals surface area contributed by atoms with Gasteiger partial charge >= 0.3 is 5.97 Å². The van der Waals surface area contributed by atoms with Crippen LogP contribution in [0.2, 0.25) is 0 Å². The minimum atomic E-state index is -0.525. The second-order valence-corrected chi connectivity index (χ2v) is 7.28. The number of hydrogen-bond acceptors (Lipinski definition) is 3. The summed E-state index contributed by atoms with van der Waals surface area (Å²) < 4.78 is 5.78. The van der Waals surface area contributed by atoms with Crippen LogP contribution < -0.4 is 5.32 Å². The van der Waals surface area contributed by atoms with E-state index in [2.05, 4.69) is 30.6 Å². The van der Waals surface area contributed by atoms with Gasteiger partial charge in [0.1, 0.15) is 0 Å². The Bertz CT molecular complexity index is 779. The van der Waals surface area contributed by atoms with Crippen LogP contribution in [0.5, 0.6) is 0 Å². The molecule has 0 radical (unpaired) electrons. The summed E-state index contributed by atoms with van der Waals surface area (Å²) in [6.07, 6.45) is 2.65. The van der Waals surface area contributed by atoms with Crippen LogP contribution in [-0.4, -0.2) is 41.6 Å². The molecule has 1 aromatic rings. The molecule has 0 heterocycles. The lowest BCUT2D eigenvalue weighted by molar-refractivity contribution is -0.942. The van der Waals surface area contributed by atoms with Gasteiger partial charge in [0.05, 0.1) is 37.5 Å². The fraction of sp³-hybridized carbons (Fsp3) is 0.545. The second-order valence-electron chi connectivity index (χ2n) is 7.28. The van der Waals surface area contributed by atoms with Crippen LogP contribution in [0.3, 0.4) is 0 Å². The quantitative estimate of drug-likeness (QED) is 0.403. The van der Waals surface area contributed by atoms with E-state index >= 15 is 0 Å². The zero-order valence-corrected chi connectivity index (χ0v) is 17.6. The Kier molecular flexibility index (Phi) is 6.84. The molecule has 1 aliphatic carbocycles. The highest BCUT2D eigenvalue weighted by molar-refractivity contribution is 6.05. The molecule has 0 aromatic heterocycles. The minimum absolute atomic E-state index is 0.0650. The SMILES string of the molecule is [C-]#[N+]c1cc(C)c(NC(=O)C2([N+]([CH-]C)(CC)CC)CCC2)c(C(=O)OCC)c1. The van der Waals surface area contributed by atoms with Gasteiger partial charge in [-0.25, -0.2) is 9.64 Å². The fourth-order valence-electron chi connectivity index (χ4n) is 4.43. The lowest BCUT2D eigenvalue weighted by Gasteiger charge is -2.62. The van der Waals surface area contributed by atoms with Crippen LogP contribution in [0, 0.1) is 20.0 Å². The second kappa shape index (κ2) is 8.74. The first kappa shape index (κ1) is 21.9. The van der Waals surface area contributed by atoms with E-state index in [9.17, 15) is 9.59 Å². The van der Waals surface area contributed by atoms with Gasteiger partial charge in [-0.15, -0.1) is 13.5 Å². The Morgan fingerprint density at radius 3 is 2.36 bits per heavy atom. The van der Waals surface area contributed by atoms with Gasteiger partial charge in [-0.2, -0.15) is 0 Å². The van der Waals surface area contributed by atoms with Crippen LogP contribution in [0.1, 0.15) is 62.9 Å². The molecule has 1 aromatic carbocycles. The molecule has 0 atom stereocenters. The number of carbonyl (C=O) groups excluding carboxylic acids is 2. The van der Waals surface area contributed by atoms with E-state index < -0.39 is 11.5 Å². The molecule has 0 spiro atoms. The molecule has 1 fully saturated rings. The van der Waals surface area contributed by atoms with Crippen molar-refractivity contribution in [3.8, 4) is 0 Å². The maximum absolute atomic E-state index is 13.5. The number of nitrogens with zero attached hydrogens (tertiary/aromatic N) is 2. The summed E-state index contributed by atoms with van der Waals surface area (Å²) in [5.74, 6) is -0.590. The predicted molar refractivity (Wildman–Crippen MR) is 110 cm³/mol. The smallest absolute Gasteiger partial charge is 0.338 e. The third-order valence-electron chi connectivity index (χ3n) is 6.26. The molecular formula is C22H31N3O3. The van der Waals surface area contributed by atoms with E-state index in [1.54, 1.807) is 19.9 Å². The molecule has 2 rings (SSSR count). The Morgan fingerprint density at radius 1 is 1.29 bits per heavy atom. The van der Waals surface area contributed by atoms with E-state index in [1.807, 2.05) is 6.92 Å². The van der Waals surface area contributed by atoms with E-state index in [4.69, 9.17) is 11.3 Å². The van der Waals surface area contributed by atoms with Crippen LogP contribution in [-0.2, 0) is 9.53 Å². The van der Waals surface area contributed by atoms with Crippen molar-refractivity contribution in [1.29, 1.82) is 0 Å². The van der Waals surface area contributed by atoms with Gasteiger partial charge in [-0.05, 0) is 45.7 Å². The highest BCUT2D eigenvalue weighted by Gasteiger charge is 2.55. The number of amides is 1. The van der Waals surface area contributed by atoms with Gasteiger partial charge in [0.15, 0.2) is 11.2 Å². The Hall–Kier alpha value is -2.39. The summed E-state index contributed by atoms with van der Waals surface area (Å²) in [7, 11) is 0. The van der Waals surface area contributed by atoms with E-state index in [0.717, 1.165) is 32.4 Å². The summed E-state index contributed by atoms with van der Waals surface area (Å²) in [5, 5.41) is 3.04. The van der Waals surface area contributed by atoms with Gasteiger partial charge in [-0.1, -0.05) is 6.07 Å². The average Bonchev–Trinajstić information content (AvgIpc) is 2.66.